The van der Waals surface area contributed by atoms with Crippen LogP contribution in [0.3, 0.4) is 0 Å². The van der Waals surface area contributed by atoms with Crippen LogP contribution < -0.4 is 42.5 Å². The summed E-state index contributed by atoms with van der Waals surface area (Å²) in [7, 11) is 0. The Bertz CT molecular complexity index is 3260. The van der Waals surface area contributed by atoms with Crippen LogP contribution in [0, 0.1) is 5.92 Å². The Hall–Kier alpha value is -9.71. The second kappa shape index (κ2) is 30.9. The quantitative estimate of drug-likeness (QED) is 0.0317. The summed E-state index contributed by atoms with van der Waals surface area (Å²) in [4.78, 5) is 144. The summed E-state index contributed by atoms with van der Waals surface area (Å²) >= 11 is 0. The number of carboxylic acid groups (broad SMARTS) is 1. The molecule has 6 aromatic rings. The van der Waals surface area contributed by atoms with Gasteiger partial charge in [0.1, 0.15) is 54.1 Å². The Kier molecular flexibility index (Phi) is 22.5. The van der Waals surface area contributed by atoms with Gasteiger partial charge in [-0.3, -0.25) is 38.4 Å². The molecule has 2 aliphatic heterocycles. The molecule has 0 aliphatic carbocycles. The third-order valence-corrected chi connectivity index (χ3v) is 15.4. The first-order valence-corrected chi connectivity index (χ1v) is 29.2. The number of aromatic hydroxyl groups is 1. The largest absolute Gasteiger partial charge is 0.508 e. The number of hydrogen-bond acceptors (Lipinski definition) is 13. The molecule has 0 unspecified atom stereocenters. The van der Waals surface area contributed by atoms with Crippen LogP contribution in [0.25, 0.3) is 0 Å². The Balaban J connectivity index is 1.02. The number of phenolic OH excluding ortho intramolecular Hbond substituents is 1. The maximum atomic E-state index is 15.0. The number of carbonyl (C=O) groups is 9. The molecule has 458 valence electrons. The van der Waals surface area contributed by atoms with Crippen molar-refractivity contribution < 1.29 is 53.4 Å². The third kappa shape index (κ3) is 18.4. The van der Waals surface area contributed by atoms with E-state index in [1.54, 1.807) is 111 Å². The van der Waals surface area contributed by atoms with Gasteiger partial charge in [0.25, 0.3) is 0 Å². The maximum Gasteiger partial charge on any atom is 0.326 e. The van der Waals surface area contributed by atoms with E-state index in [1.807, 2.05) is 0 Å². The number of phenols is 1. The smallest absolute Gasteiger partial charge is 0.326 e. The lowest BCUT2D eigenvalue weighted by atomic mass is 9.99. The first kappa shape index (κ1) is 63.3. The number of amides is 8. The fraction of sp³-hybridized carbons (Fsp3) is 0.381. The molecule has 0 radical (unpaired) electrons. The van der Waals surface area contributed by atoms with Crippen LogP contribution in [0.5, 0.6) is 5.75 Å². The second-order valence-corrected chi connectivity index (χ2v) is 22.3. The normalized spacial score (nSPS) is 17.1. The highest BCUT2D eigenvalue weighted by atomic mass is 16.4. The lowest BCUT2D eigenvalue weighted by Crippen LogP contribution is -2.61. The van der Waals surface area contributed by atoms with Gasteiger partial charge in [0.2, 0.25) is 47.3 Å². The van der Waals surface area contributed by atoms with E-state index in [0.29, 0.717) is 53.0 Å². The molecular formula is C63H75N13O11. The first-order chi connectivity index (χ1) is 42.0. The molecule has 2 fully saturated rings. The zero-order chi connectivity index (χ0) is 61.8. The Morgan fingerprint density at radius 3 is 1.40 bits per heavy atom. The van der Waals surface area contributed by atoms with Gasteiger partial charge in [-0.2, -0.15) is 0 Å². The van der Waals surface area contributed by atoms with Crippen LogP contribution in [-0.4, -0.2) is 156 Å². The van der Waals surface area contributed by atoms with Crippen molar-refractivity contribution in [3.63, 3.8) is 0 Å². The number of rotatable bonds is 29. The molecule has 8 amide bonds. The highest BCUT2D eigenvalue weighted by molar-refractivity contribution is 5.98. The van der Waals surface area contributed by atoms with Crippen LogP contribution in [-0.2, 0) is 81.7 Å². The molecule has 9 atom stereocenters. The van der Waals surface area contributed by atoms with Crippen molar-refractivity contribution in [2.24, 2.45) is 5.92 Å². The number of aromatic amines is 2. The van der Waals surface area contributed by atoms with Crippen molar-refractivity contribution in [3.05, 3.63) is 174 Å². The molecule has 24 nitrogen and oxygen atoms in total. The molecule has 12 N–H and O–H groups in total. The van der Waals surface area contributed by atoms with E-state index in [0.717, 1.165) is 6.42 Å². The minimum Gasteiger partial charge on any atom is -0.508 e. The number of carboxylic acids is 1. The zero-order valence-electron chi connectivity index (χ0n) is 48.4. The van der Waals surface area contributed by atoms with E-state index in [4.69, 9.17) is 0 Å². The second-order valence-electron chi connectivity index (χ2n) is 22.3. The SMILES string of the molecule is CC(C)[C@H](NC(=O)[C@H](Cc1ccccc1)NC(=O)[C@H](Cc1ccccc1)NC(=O)[C@H](Cc1cnc[nH]1)NC(=O)[C@H](Cc1ccccc1)NC(=O)[C@H]1CCCN1C(=O)[C@H](Cc1cnc[nH]1)NC(=O)[C@H]1CCCN1)C(=O)N[C@@H](Cc1ccc(O)cc1)C(=O)O. The molecule has 0 saturated carbocycles. The maximum absolute atomic E-state index is 15.0. The van der Waals surface area contributed by atoms with Gasteiger partial charge in [0.05, 0.1) is 18.7 Å². The van der Waals surface area contributed by atoms with Crippen LogP contribution in [0.1, 0.15) is 73.2 Å². The molecule has 2 aliphatic rings. The average molecular weight is 1190 g/mol. The summed E-state index contributed by atoms with van der Waals surface area (Å²) < 4.78 is 0. The Morgan fingerprint density at radius 2 is 0.943 bits per heavy atom. The van der Waals surface area contributed by atoms with Crippen molar-refractivity contribution in [1.82, 2.24) is 67.4 Å². The lowest BCUT2D eigenvalue weighted by molar-refractivity contribution is -0.142. The van der Waals surface area contributed by atoms with E-state index < -0.39 is 108 Å². The van der Waals surface area contributed by atoms with E-state index >= 15 is 0 Å². The zero-order valence-corrected chi connectivity index (χ0v) is 48.4. The lowest BCUT2D eigenvalue weighted by Gasteiger charge is -2.30. The van der Waals surface area contributed by atoms with Crippen molar-refractivity contribution in [3.8, 4) is 5.75 Å². The number of benzene rings is 4. The van der Waals surface area contributed by atoms with E-state index in [-0.39, 0.29) is 63.1 Å². The number of imidazole rings is 2. The Labute approximate surface area is 503 Å². The van der Waals surface area contributed by atoms with Gasteiger partial charge in [-0.25, -0.2) is 14.8 Å². The molecule has 4 aromatic carbocycles. The van der Waals surface area contributed by atoms with Gasteiger partial charge in [-0.1, -0.05) is 117 Å². The van der Waals surface area contributed by atoms with E-state index in [2.05, 4.69) is 62.5 Å². The monoisotopic (exact) mass is 1190 g/mol. The van der Waals surface area contributed by atoms with Crippen LogP contribution in [0.15, 0.2) is 140 Å². The number of carbonyl (C=O) groups excluding carboxylic acids is 8. The number of nitrogens with zero attached hydrogens (tertiary/aromatic N) is 3. The molecule has 0 spiro atoms. The van der Waals surface area contributed by atoms with Crippen LogP contribution in [0.4, 0.5) is 0 Å². The van der Waals surface area contributed by atoms with Crippen molar-refractivity contribution >= 4 is 53.2 Å². The molecule has 8 rings (SSSR count). The number of aliphatic carboxylic acids is 1. The Morgan fingerprint density at radius 1 is 0.506 bits per heavy atom. The first-order valence-electron chi connectivity index (χ1n) is 29.2. The fourth-order valence-corrected chi connectivity index (χ4v) is 10.7. The van der Waals surface area contributed by atoms with Crippen molar-refractivity contribution in [1.29, 1.82) is 0 Å². The summed E-state index contributed by atoms with van der Waals surface area (Å²) in [5, 5.41) is 42.6. The summed E-state index contributed by atoms with van der Waals surface area (Å²) in [6, 6.07) is 21.6. The topological polar surface area (TPSA) is 351 Å². The van der Waals surface area contributed by atoms with E-state index in [9.17, 15) is 53.4 Å². The molecule has 87 heavy (non-hydrogen) atoms. The molecule has 0 bridgehead atoms. The van der Waals surface area contributed by atoms with Crippen LogP contribution in [0.2, 0.25) is 0 Å². The average Bonchev–Trinajstić information content (AvgIpc) is 3.78. The summed E-state index contributed by atoms with van der Waals surface area (Å²) in [5.74, 6) is -7.32. The van der Waals surface area contributed by atoms with Crippen molar-refractivity contribution in [2.45, 2.75) is 132 Å². The predicted molar refractivity (Wildman–Crippen MR) is 319 cm³/mol. The highest BCUT2D eigenvalue weighted by Crippen LogP contribution is 2.22. The molecule has 2 aromatic heterocycles. The molecule has 2 saturated heterocycles. The van der Waals surface area contributed by atoms with Gasteiger partial charge in [0.15, 0.2) is 0 Å². The highest BCUT2D eigenvalue weighted by Gasteiger charge is 2.41. The van der Waals surface area contributed by atoms with E-state index in [1.165, 1.54) is 48.0 Å². The number of H-pyrrole nitrogens is 2. The summed E-state index contributed by atoms with van der Waals surface area (Å²) in [6.07, 6.45) is 7.63. The fourth-order valence-electron chi connectivity index (χ4n) is 10.7. The number of aromatic nitrogens is 4. The number of likely N-dealkylation sites (tertiary alicyclic amines) is 1. The van der Waals surface area contributed by atoms with Gasteiger partial charge < -0.3 is 67.6 Å². The van der Waals surface area contributed by atoms with Crippen LogP contribution >= 0.6 is 0 Å². The predicted octanol–water partition coefficient (Wildman–Crippen LogP) is 1.47. The third-order valence-electron chi connectivity index (χ3n) is 15.4. The van der Waals surface area contributed by atoms with Gasteiger partial charge >= 0.3 is 5.97 Å². The number of hydrogen-bond donors (Lipinski definition) is 12. The minimum atomic E-state index is -1.41. The standard InChI is InChI=1S/C63H75N13O11/c1-38(2)54(61(84)74-52(63(86)87)31-42-22-24-45(77)25-23-42)75-59(82)49(30-41-18-10-5-11-19-41)70-56(79)47(28-39-14-6-3-7-15-39)69-58(81)50(32-43-34-64-36-67-43)71-57(80)48(29-40-16-8-4-9-17-40)72-60(83)53-21-13-27-76(53)62(85)51(33-44-35-65-37-68-44)73-55(78)46-20-12-26-66-46/h3-11,14-19,22-25,34-38,46-54,66,77H,12-13,20-21,26-33H2,1-2H3,(H,64,67)(H,65,68)(H,69,81)(H,70,79)(H,71,80)(H,72,83)(H,73,78)(H,74,84)(H,75,82)(H,86,87)/t46-,47+,48+,49+,50+,51+,52+,53-,54+/m1/s1. The minimum absolute atomic E-state index is 0.0206. The van der Waals surface area contributed by atoms with Gasteiger partial charge in [-0.15, -0.1) is 0 Å². The molecule has 24 heteroatoms. The summed E-state index contributed by atoms with van der Waals surface area (Å²) in [6.45, 7) is 4.20. The number of nitrogens with one attached hydrogen (secondary N) is 10. The summed E-state index contributed by atoms with van der Waals surface area (Å²) in [5.41, 5.74) is 3.48. The van der Waals surface area contributed by atoms with Gasteiger partial charge in [0, 0.05) is 68.9 Å². The molecule has 4 heterocycles. The molecular weight excluding hydrogens is 1110 g/mol. The van der Waals surface area contributed by atoms with Gasteiger partial charge in [-0.05, 0) is 72.5 Å². The van der Waals surface area contributed by atoms with Crippen molar-refractivity contribution in [2.75, 3.05) is 13.1 Å².